The van der Waals surface area contributed by atoms with Gasteiger partial charge >= 0.3 is 6.09 Å². The number of nitrogens with zero attached hydrogens (tertiary/aromatic N) is 2. The molecule has 1 aromatic rings. The van der Waals surface area contributed by atoms with Gasteiger partial charge in [0.25, 0.3) is 0 Å². The second kappa shape index (κ2) is 4.75. The number of carbonyl (C=O) groups excluding carboxylic acids is 1. The highest BCUT2D eigenvalue weighted by atomic mass is 16.6. The lowest BCUT2D eigenvalue weighted by atomic mass is 10.2. The van der Waals surface area contributed by atoms with Crippen molar-refractivity contribution < 1.29 is 9.53 Å². The molecule has 4 nitrogen and oxygen atoms in total. The lowest BCUT2D eigenvalue weighted by Gasteiger charge is -2.24. The summed E-state index contributed by atoms with van der Waals surface area (Å²) in [5.41, 5.74) is 2.05. The van der Waals surface area contributed by atoms with Crippen LogP contribution in [0.2, 0.25) is 0 Å². The van der Waals surface area contributed by atoms with Gasteiger partial charge in [-0.1, -0.05) is 0 Å². The molecule has 17 heavy (non-hydrogen) atoms. The van der Waals surface area contributed by atoms with Gasteiger partial charge in [-0.3, -0.25) is 4.48 Å². The van der Waals surface area contributed by atoms with Crippen molar-refractivity contribution in [2.24, 2.45) is 0 Å². The molecular formula is C13H21N2O2+. The maximum Gasteiger partial charge on any atom is 0.414 e. The summed E-state index contributed by atoms with van der Waals surface area (Å²) in [6.45, 7) is 1.93. The monoisotopic (exact) mass is 237 g/mol. The van der Waals surface area contributed by atoms with E-state index >= 15 is 0 Å². The van der Waals surface area contributed by atoms with Gasteiger partial charge in [-0.2, -0.15) is 0 Å². The van der Waals surface area contributed by atoms with Crippen LogP contribution in [0.4, 0.5) is 10.5 Å². The Morgan fingerprint density at radius 3 is 2.29 bits per heavy atom. The van der Waals surface area contributed by atoms with Crippen LogP contribution >= 0.6 is 0 Å². The number of ether oxygens (including phenoxy) is 1. The van der Waals surface area contributed by atoms with E-state index in [0.717, 1.165) is 11.3 Å². The molecule has 0 aliphatic rings. The normalized spacial score (nSPS) is 11.2. The first kappa shape index (κ1) is 13.5. The first-order chi connectivity index (χ1) is 7.71. The molecule has 1 aromatic carbocycles. The highest BCUT2D eigenvalue weighted by Gasteiger charge is 2.16. The van der Waals surface area contributed by atoms with E-state index in [1.165, 1.54) is 4.90 Å². The Hall–Kier alpha value is -1.55. The predicted molar refractivity (Wildman–Crippen MR) is 70.5 cm³/mol. The van der Waals surface area contributed by atoms with E-state index in [4.69, 9.17) is 4.74 Å². The van der Waals surface area contributed by atoms with Crippen LogP contribution < -0.4 is 9.22 Å². The molecule has 4 heteroatoms. The van der Waals surface area contributed by atoms with Crippen LogP contribution in [0.1, 0.15) is 5.56 Å². The summed E-state index contributed by atoms with van der Waals surface area (Å²) in [5, 5.41) is 0. The summed E-state index contributed by atoms with van der Waals surface area (Å²) in [4.78, 5) is 12.9. The van der Waals surface area contributed by atoms with Gasteiger partial charge in [-0.15, -0.1) is 0 Å². The molecule has 0 aliphatic carbocycles. The van der Waals surface area contributed by atoms with Gasteiger partial charge in [0.15, 0.2) is 0 Å². The van der Waals surface area contributed by atoms with E-state index in [1.54, 1.807) is 14.1 Å². The Morgan fingerprint density at radius 1 is 1.24 bits per heavy atom. The minimum absolute atomic E-state index is 0.355. The molecule has 0 spiro atoms. The fraction of sp³-hybridized carbons (Fsp3) is 0.462. The van der Waals surface area contributed by atoms with E-state index < -0.39 is 0 Å². The highest BCUT2D eigenvalue weighted by Crippen LogP contribution is 2.26. The molecular weight excluding hydrogens is 216 g/mol. The average molecular weight is 237 g/mol. The van der Waals surface area contributed by atoms with Gasteiger partial charge < -0.3 is 9.64 Å². The summed E-state index contributed by atoms with van der Waals surface area (Å²) in [6, 6.07) is 5.93. The predicted octanol–water partition coefficient (Wildman–Crippen LogP) is 2.25. The quantitative estimate of drug-likeness (QED) is 0.738. The summed E-state index contributed by atoms with van der Waals surface area (Å²) in [6.07, 6.45) is -0.355. The summed E-state index contributed by atoms with van der Waals surface area (Å²) < 4.78 is 6.01. The zero-order valence-corrected chi connectivity index (χ0v) is 11.4. The minimum atomic E-state index is -0.355. The number of hydrogen-bond donors (Lipinski definition) is 0. The summed E-state index contributed by atoms with van der Waals surface area (Å²) in [7, 11) is 9.55. The first-order valence-electron chi connectivity index (χ1n) is 5.53. The molecule has 0 heterocycles. The van der Waals surface area contributed by atoms with Crippen LogP contribution in [0.5, 0.6) is 5.75 Å². The van der Waals surface area contributed by atoms with Crippen LogP contribution in [0.25, 0.3) is 0 Å². The molecule has 0 aliphatic heterocycles. The number of carbonyl (C=O) groups is 1. The molecule has 0 unspecified atom stereocenters. The molecule has 0 radical (unpaired) electrons. The Bertz CT molecular complexity index is 420. The molecule has 0 bridgehead atoms. The van der Waals surface area contributed by atoms with E-state index in [9.17, 15) is 4.79 Å². The van der Waals surface area contributed by atoms with Crippen LogP contribution in [0, 0.1) is 6.92 Å². The Morgan fingerprint density at radius 2 is 1.82 bits per heavy atom. The lowest BCUT2D eigenvalue weighted by Crippen LogP contribution is -2.34. The number of rotatable bonds is 2. The summed E-state index contributed by atoms with van der Waals surface area (Å²) >= 11 is 0. The molecule has 0 aromatic heterocycles. The average Bonchev–Trinajstić information content (AvgIpc) is 2.19. The smallest absolute Gasteiger partial charge is 0.410 e. The van der Waals surface area contributed by atoms with Gasteiger partial charge in [0.2, 0.25) is 0 Å². The van der Waals surface area contributed by atoms with Gasteiger partial charge in [0.1, 0.15) is 11.4 Å². The maximum atomic E-state index is 11.5. The molecule has 0 atom stereocenters. The molecule has 0 fully saturated rings. The van der Waals surface area contributed by atoms with E-state index in [0.29, 0.717) is 10.2 Å². The van der Waals surface area contributed by atoms with E-state index in [1.807, 2.05) is 25.1 Å². The van der Waals surface area contributed by atoms with Crippen LogP contribution in [0.15, 0.2) is 18.2 Å². The molecule has 0 saturated heterocycles. The number of aryl methyl sites for hydroxylation is 1. The van der Waals surface area contributed by atoms with Crippen molar-refractivity contribution in [1.82, 2.24) is 9.38 Å². The Kier molecular flexibility index (Phi) is 3.78. The molecule has 0 saturated carbocycles. The first-order valence-corrected chi connectivity index (χ1v) is 5.53. The van der Waals surface area contributed by atoms with Gasteiger partial charge in [0.05, 0.1) is 21.1 Å². The lowest BCUT2D eigenvalue weighted by molar-refractivity contribution is 0.171. The van der Waals surface area contributed by atoms with Gasteiger partial charge in [-0.05, 0) is 24.6 Å². The van der Waals surface area contributed by atoms with Crippen LogP contribution in [-0.2, 0) is 0 Å². The van der Waals surface area contributed by atoms with Crippen molar-refractivity contribution in [3.05, 3.63) is 23.8 Å². The molecule has 1 rings (SSSR count). The third kappa shape index (κ3) is 3.46. The van der Waals surface area contributed by atoms with Crippen LogP contribution in [-0.4, -0.2) is 46.2 Å². The zero-order valence-electron chi connectivity index (χ0n) is 11.4. The van der Waals surface area contributed by atoms with Crippen molar-refractivity contribution >= 4 is 11.8 Å². The SMILES string of the molecule is Cc1ccc([N+](C)(C)C)cc1OC(=O)N(C)C. The topological polar surface area (TPSA) is 29.5 Å². The number of benzene rings is 1. The summed E-state index contributed by atoms with van der Waals surface area (Å²) in [5.74, 6) is 0.620. The largest absolute Gasteiger partial charge is 0.414 e. The van der Waals surface area contributed by atoms with Gasteiger partial charge in [-0.25, -0.2) is 4.79 Å². The van der Waals surface area contributed by atoms with Crippen molar-refractivity contribution in [3.63, 3.8) is 0 Å². The standard InChI is InChI=1S/C13H21N2O2/c1-10-7-8-11(15(4,5)6)9-12(10)17-13(16)14(2)3/h7-9H,1-6H3/q+1. The fourth-order valence-electron chi connectivity index (χ4n) is 1.30. The van der Waals surface area contributed by atoms with Crippen LogP contribution in [0.3, 0.4) is 0 Å². The minimum Gasteiger partial charge on any atom is -0.410 e. The second-order valence-corrected chi connectivity index (χ2v) is 5.22. The third-order valence-electron chi connectivity index (χ3n) is 2.51. The molecule has 1 amide bonds. The van der Waals surface area contributed by atoms with E-state index in [-0.39, 0.29) is 6.09 Å². The number of hydrogen-bond acceptors (Lipinski definition) is 2. The number of amides is 1. The fourth-order valence-corrected chi connectivity index (χ4v) is 1.30. The maximum absolute atomic E-state index is 11.5. The zero-order chi connectivity index (χ0) is 13.2. The molecule has 94 valence electrons. The van der Waals surface area contributed by atoms with Gasteiger partial charge in [0, 0.05) is 20.2 Å². The molecule has 0 N–H and O–H groups in total. The van der Waals surface area contributed by atoms with Crippen molar-refractivity contribution in [3.8, 4) is 5.75 Å². The highest BCUT2D eigenvalue weighted by molar-refractivity contribution is 5.71. The Labute approximate surface area is 103 Å². The Balaban J connectivity index is 3.03. The number of quaternary nitrogens is 1. The van der Waals surface area contributed by atoms with Crippen molar-refractivity contribution in [2.75, 3.05) is 35.2 Å². The second-order valence-electron chi connectivity index (χ2n) is 5.22. The van der Waals surface area contributed by atoms with Crippen molar-refractivity contribution in [1.29, 1.82) is 0 Å². The third-order valence-corrected chi connectivity index (χ3v) is 2.51. The van der Waals surface area contributed by atoms with E-state index in [2.05, 4.69) is 21.1 Å². The van der Waals surface area contributed by atoms with Crippen molar-refractivity contribution in [2.45, 2.75) is 6.92 Å².